The highest BCUT2D eigenvalue weighted by atomic mass is 16.7. The van der Waals surface area contributed by atoms with Gasteiger partial charge in [-0.3, -0.25) is 0 Å². The molecule has 4 nitrogen and oxygen atoms in total. The molecule has 148 valence electrons. The average molecular weight is 348 g/mol. The number of hydrogen-bond acceptors (Lipinski definition) is 4. The lowest BCUT2D eigenvalue weighted by molar-refractivity contribution is -0.286. The van der Waals surface area contributed by atoms with Crippen molar-refractivity contribution < 1.29 is 14.2 Å². The van der Waals surface area contributed by atoms with Gasteiger partial charge in [-0.1, -0.05) is 66.2 Å². The maximum atomic E-state index is 5.64. The highest BCUT2D eigenvalue weighted by Crippen LogP contribution is 2.34. The Morgan fingerprint density at radius 2 is 1.21 bits per heavy atom. The molecule has 0 aromatic rings. The first-order valence-corrected chi connectivity index (χ1v) is 9.83. The number of ether oxygens (including phenoxy) is 3. The van der Waals surface area contributed by atoms with E-state index in [0.717, 1.165) is 26.1 Å². The molecular weight excluding hydrogens is 302 g/mol. The van der Waals surface area contributed by atoms with E-state index in [9.17, 15) is 0 Å². The fourth-order valence-corrected chi connectivity index (χ4v) is 2.25. The molecule has 24 heavy (non-hydrogen) atoms. The monoisotopic (exact) mass is 347 g/mol. The second kappa shape index (κ2) is 16.3. The van der Waals surface area contributed by atoms with Crippen LogP contribution < -0.4 is 5.73 Å². The van der Waals surface area contributed by atoms with E-state index in [1.807, 2.05) is 13.8 Å². The van der Waals surface area contributed by atoms with Crippen LogP contribution in [0.4, 0.5) is 0 Å². The van der Waals surface area contributed by atoms with Crippen LogP contribution in [0.3, 0.4) is 0 Å². The van der Waals surface area contributed by atoms with Crippen molar-refractivity contribution in [3.05, 3.63) is 0 Å². The molecule has 1 fully saturated rings. The third-order valence-corrected chi connectivity index (χ3v) is 4.58. The van der Waals surface area contributed by atoms with Crippen LogP contribution in [0.15, 0.2) is 0 Å². The number of methoxy groups -OCH3 is 1. The quantitative estimate of drug-likeness (QED) is 0.466. The van der Waals surface area contributed by atoms with Crippen molar-refractivity contribution in [2.45, 2.75) is 98.7 Å². The number of rotatable bonds is 8. The third-order valence-electron chi connectivity index (χ3n) is 4.58. The fourth-order valence-electron chi connectivity index (χ4n) is 2.25. The van der Waals surface area contributed by atoms with Gasteiger partial charge in [0, 0.05) is 12.5 Å². The lowest BCUT2D eigenvalue weighted by Crippen LogP contribution is -2.45. The summed E-state index contributed by atoms with van der Waals surface area (Å²) in [5.41, 5.74) is 5.08. The van der Waals surface area contributed by atoms with E-state index in [-0.39, 0.29) is 11.2 Å². The van der Waals surface area contributed by atoms with Crippen molar-refractivity contribution >= 4 is 0 Å². The zero-order valence-corrected chi connectivity index (χ0v) is 17.6. The molecule has 1 heterocycles. The maximum Gasteiger partial charge on any atom is 0.162 e. The largest absolute Gasteiger partial charge is 0.370 e. The Morgan fingerprint density at radius 1 is 0.833 bits per heavy atom. The minimum atomic E-state index is -0.367. The van der Waals surface area contributed by atoms with Gasteiger partial charge >= 0.3 is 0 Å². The molecule has 1 aliphatic rings. The van der Waals surface area contributed by atoms with Crippen molar-refractivity contribution in [1.29, 1.82) is 0 Å². The minimum absolute atomic E-state index is 0.273. The minimum Gasteiger partial charge on any atom is -0.370 e. The number of unbranched alkanes of at least 4 members (excludes halogenated alkanes) is 5. The summed E-state index contributed by atoms with van der Waals surface area (Å²) in [5, 5.41) is 0. The summed E-state index contributed by atoms with van der Waals surface area (Å²) in [6.07, 6.45) is 10.8. The molecule has 0 saturated carbocycles. The zero-order valence-electron chi connectivity index (χ0n) is 17.6. The normalized spacial score (nSPS) is 18.0. The summed E-state index contributed by atoms with van der Waals surface area (Å²) >= 11 is 0. The van der Waals surface area contributed by atoms with Gasteiger partial charge in [0.25, 0.3) is 0 Å². The molecule has 1 aliphatic heterocycles. The molecular formula is C20H45NO3. The predicted molar refractivity (Wildman–Crippen MR) is 104 cm³/mol. The number of nitrogens with two attached hydrogens (primary N) is 1. The van der Waals surface area contributed by atoms with Crippen LogP contribution in [0, 0.1) is 5.41 Å². The van der Waals surface area contributed by atoms with Crippen LogP contribution in [0.5, 0.6) is 0 Å². The Bertz CT molecular complexity index is 233. The summed E-state index contributed by atoms with van der Waals surface area (Å²) in [4.78, 5) is 0. The molecule has 0 aromatic heterocycles. The van der Waals surface area contributed by atoms with Crippen molar-refractivity contribution in [2.24, 2.45) is 11.1 Å². The first-order valence-electron chi connectivity index (χ1n) is 9.83. The van der Waals surface area contributed by atoms with Gasteiger partial charge in [-0.15, -0.1) is 0 Å². The summed E-state index contributed by atoms with van der Waals surface area (Å²) in [5.74, 6) is -0.367. The molecule has 0 unspecified atom stereocenters. The smallest absolute Gasteiger partial charge is 0.162 e. The molecule has 0 amide bonds. The third kappa shape index (κ3) is 14.2. The second-order valence-corrected chi connectivity index (χ2v) is 7.05. The first-order chi connectivity index (χ1) is 11.4. The van der Waals surface area contributed by atoms with Gasteiger partial charge in [-0.25, -0.2) is 0 Å². The van der Waals surface area contributed by atoms with E-state index in [0.29, 0.717) is 6.73 Å². The number of hydrogen-bond donors (Lipinski definition) is 1. The van der Waals surface area contributed by atoms with E-state index >= 15 is 0 Å². The van der Waals surface area contributed by atoms with Gasteiger partial charge in [-0.2, -0.15) is 0 Å². The SMILES string of the molecule is CCC1(CC)COC(C)(C)OC1.CCCCCCCC.COCN. The van der Waals surface area contributed by atoms with Gasteiger partial charge in [-0.05, 0) is 26.7 Å². The van der Waals surface area contributed by atoms with Crippen LogP contribution in [0.1, 0.15) is 92.9 Å². The summed E-state index contributed by atoms with van der Waals surface area (Å²) in [7, 11) is 1.56. The first kappa shape index (κ1) is 26.1. The van der Waals surface area contributed by atoms with Crippen molar-refractivity contribution in [3.8, 4) is 0 Å². The van der Waals surface area contributed by atoms with Crippen molar-refractivity contribution in [3.63, 3.8) is 0 Å². The molecule has 0 radical (unpaired) electrons. The van der Waals surface area contributed by atoms with Gasteiger partial charge in [0.15, 0.2) is 5.79 Å². The van der Waals surface area contributed by atoms with Gasteiger partial charge in [0.05, 0.1) is 19.9 Å². The maximum absolute atomic E-state index is 5.64. The highest BCUT2D eigenvalue weighted by Gasteiger charge is 2.37. The van der Waals surface area contributed by atoms with Crippen LogP contribution in [-0.4, -0.2) is 32.8 Å². The van der Waals surface area contributed by atoms with Crippen molar-refractivity contribution in [2.75, 3.05) is 27.1 Å². The topological polar surface area (TPSA) is 53.7 Å². The second-order valence-electron chi connectivity index (χ2n) is 7.05. The highest BCUT2D eigenvalue weighted by molar-refractivity contribution is 4.80. The Labute approximate surface area is 151 Å². The molecule has 0 bridgehead atoms. The standard InChI is InChI=1S/C10H20O2.C8H18.C2H7NO/c1-5-10(6-2)7-11-9(3,4)12-8-10;1-3-5-7-8-6-4-2;1-4-2-3/h5-8H2,1-4H3;3-8H2,1-2H3;2-3H2,1H3. The Balaban J connectivity index is 0. The van der Waals surface area contributed by atoms with E-state index in [4.69, 9.17) is 15.2 Å². The average Bonchev–Trinajstić information content (AvgIpc) is 2.60. The van der Waals surface area contributed by atoms with Gasteiger partial charge < -0.3 is 19.9 Å². The predicted octanol–water partition coefficient (Wildman–Crippen LogP) is 5.49. The van der Waals surface area contributed by atoms with Crippen molar-refractivity contribution in [1.82, 2.24) is 0 Å². The van der Waals surface area contributed by atoms with Crippen LogP contribution in [0.2, 0.25) is 0 Å². The lowest BCUT2D eigenvalue weighted by Gasteiger charge is -2.42. The van der Waals surface area contributed by atoms with Crippen LogP contribution >= 0.6 is 0 Å². The van der Waals surface area contributed by atoms with Gasteiger partial charge in [0.2, 0.25) is 0 Å². The summed E-state index contributed by atoms with van der Waals surface area (Å²) in [6.45, 7) is 14.9. The van der Waals surface area contributed by atoms with E-state index in [1.54, 1.807) is 7.11 Å². The molecule has 0 aromatic carbocycles. The molecule has 0 atom stereocenters. The fraction of sp³-hybridized carbons (Fsp3) is 1.00. The summed E-state index contributed by atoms with van der Waals surface area (Å²) in [6, 6.07) is 0. The van der Waals surface area contributed by atoms with Crippen LogP contribution in [0.25, 0.3) is 0 Å². The molecule has 4 heteroatoms. The van der Waals surface area contributed by atoms with E-state index in [1.165, 1.54) is 38.5 Å². The molecule has 2 N–H and O–H groups in total. The Morgan fingerprint density at radius 3 is 1.46 bits per heavy atom. The Hall–Kier alpha value is -0.160. The van der Waals surface area contributed by atoms with Crippen LogP contribution in [-0.2, 0) is 14.2 Å². The van der Waals surface area contributed by atoms with Gasteiger partial charge in [0.1, 0.15) is 0 Å². The van der Waals surface area contributed by atoms with E-state index in [2.05, 4.69) is 32.4 Å². The lowest BCUT2D eigenvalue weighted by atomic mass is 9.83. The molecule has 1 rings (SSSR count). The Kier molecular flexibility index (Phi) is 17.7. The molecule has 0 aliphatic carbocycles. The molecule has 0 spiro atoms. The van der Waals surface area contributed by atoms with E-state index < -0.39 is 0 Å². The molecule has 1 saturated heterocycles. The zero-order chi connectivity index (χ0) is 18.9. The summed E-state index contributed by atoms with van der Waals surface area (Å²) < 4.78 is 15.6.